The van der Waals surface area contributed by atoms with Crippen LogP contribution >= 0.6 is 0 Å². The van der Waals surface area contributed by atoms with Gasteiger partial charge in [0.2, 0.25) is 0 Å². The van der Waals surface area contributed by atoms with Gasteiger partial charge in [-0.25, -0.2) is 0 Å². The highest BCUT2D eigenvalue weighted by atomic mass is 32.2. The predicted octanol–water partition coefficient (Wildman–Crippen LogP) is 5.97. The molecule has 0 fully saturated rings. The molecule has 8 aromatic rings. The van der Waals surface area contributed by atoms with Gasteiger partial charge in [0.1, 0.15) is 11.5 Å². The van der Waals surface area contributed by atoms with Gasteiger partial charge in [-0.2, -0.15) is 16.8 Å². The number of fused-ring (bicyclic) bond motifs is 4. The molecule has 0 atom stereocenters. The summed E-state index contributed by atoms with van der Waals surface area (Å²) in [4.78, 5) is 25.0. The molecule has 0 aliphatic carbocycles. The molecular weight excluding hydrogens is 931 g/mol. The third-order valence-corrected chi connectivity index (χ3v) is 10.8. The van der Waals surface area contributed by atoms with Gasteiger partial charge in [0.25, 0.3) is 32.1 Å². The second-order valence-corrected chi connectivity index (χ2v) is 17.0. The Morgan fingerprint density at radius 2 is 0.846 bits per heavy atom. The van der Waals surface area contributed by atoms with Crippen LogP contribution in [0.3, 0.4) is 0 Å². The minimum Gasteiger partial charge on any atom is -0.507 e. The van der Waals surface area contributed by atoms with E-state index in [2.05, 4.69) is 10.6 Å². The lowest BCUT2D eigenvalue weighted by atomic mass is 10.0. The van der Waals surface area contributed by atoms with Crippen LogP contribution in [0.1, 0.15) is 20.7 Å². The molecule has 0 bridgehead atoms. The van der Waals surface area contributed by atoms with Gasteiger partial charge >= 0.3 is 21.2 Å². The predicted molar refractivity (Wildman–Crippen MR) is 238 cm³/mol. The van der Waals surface area contributed by atoms with Crippen LogP contribution in [-0.2, 0) is 41.5 Å². The van der Waals surface area contributed by atoms with Gasteiger partial charge in [-0.1, -0.05) is 78.9 Å². The van der Waals surface area contributed by atoms with Crippen molar-refractivity contribution >= 4 is 113 Å². The van der Waals surface area contributed by atoms with Crippen molar-refractivity contribution in [2.24, 2.45) is 0 Å². The molecule has 0 spiro atoms. The third kappa shape index (κ3) is 12.4. The van der Waals surface area contributed by atoms with Crippen molar-refractivity contribution in [3.8, 4) is 11.5 Å². The average Bonchev–Trinajstić information content (AvgIpc) is 3.22. The number of phenolic OH excluding ortho intramolecular Hbond substituents is 2. The van der Waals surface area contributed by atoms with E-state index in [1.165, 1.54) is 36.4 Å². The van der Waals surface area contributed by atoms with E-state index in [0.717, 1.165) is 27.6 Å². The Hall–Kier alpha value is -7.80. The van der Waals surface area contributed by atoms with E-state index >= 15 is 0 Å². The number of nitrogens with two attached hydrogens (primary N) is 1. The number of carbonyl (C=O) groups is 2. The fourth-order valence-electron chi connectivity index (χ4n) is 6.42. The third-order valence-electron chi connectivity index (χ3n) is 9.14. The number of benzene rings is 8. The normalized spacial score (nSPS) is 10.9. The molecule has 23 heteroatoms. The van der Waals surface area contributed by atoms with Crippen LogP contribution in [-0.4, -0.2) is 73.2 Å². The molecule has 0 radical (unpaired) electrons. The maximum atomic E-state index is 12.8. The van der Waals surface area contributed by atoms with Crippen LogP contribution < -0.4 is 16.4 Å². The Bertz CT molecular complexity index is 3620. The van der Waals surface area contributed by atoms with Crippen molar-refractivity contribution in [1.82, 2.24) is 0 Å². The lowest BCUT2D eigenvalue weighted by molar-refractivity contribution is 0.101. The summed E-state index contributed by atoms with van der Waals surface area (Å²) in [5, 5.41) is 31.2. The number of nitrogens with one attached hydrogen (secondary N) is 2. The van der Waals surface area contributed by atoms with Gasteiger partial charge in [0.05, 0.1) is 26.6 Å². The standard InChI is InChI=1S/C21H16N2O5S.C21H15NO5S.2O3S/c22-17-11-15(29(26,27)28)8-14-6-3-7-18(20(14)17)23-21(25)16-9-12-4-1-2-5-13(12)10-19(16)24;23-20-12-14-5-2-1-4-13(14)11-18(20)21(24)22-19-7-3-6-15-10-16(28(25,26)27)8-9-17(15)19;2*1-4(2)3/h1-11,24H,22H2,(H,23,25)(H,26,27,28);1-12,23H,(H,22,24)(H,25,26,27);;. The molecule has 0 aliphatic rings. The average molecular weight is 962 g/mol. The molecule has 0 saturated carbocycles. The Labute approximate surface area is 371 Å². The van der Waals surface area contributed by atoms with Crippen LogP contribution in [0.4, 0.5) is 17.1 Å². The van der Waals surface area contributed by atoms with Gasteiger partial charge in [-0.05, 0) is 93.0 Å². The summed E-state index contributed by atoms with van der Waals surface area (Å²) in [6.07, 6.45) is 0. The van der Waals surface area contributed by atoms with Crippen LogP contribution in [0.2, 0.25) is 0 Å². The summed E-state index contributed by atoms with van der Waals surface area (Å²) >= 11 is 0. The number of hydrogen-bond donors (Lipinski definition) is 7. The van der Waals surface area contributed by atoms with Crippen molar-refractivity contribution in [3.05, 3.63) is 151 Å². The summed E-state index contributed by atoms with van der Waals surface area (Å²) in [5.74, 6) is -1.33. The van der Waals surface area contributed by atoms with Gasteiger partial charge < -0.3 is 26.6 Å². The second kappa shape index (κ2) is 20.1. The van der Waals surface area contributed by atoms with Gasteiger partial charge in [0.15, 0.2) is 0 Å². The summed E-state index contributed by atoms with van der Waals surface area (Å²) in [5.41, 5.74) is 7.10. The maximum Gasteiger partial charge on any atom is 0.425 e. The van der Waals surface area contributed by atoms with Gasteiger partial charge in [0, 0.05) is 22.1 Å². The number of phenols is 2. The number of rotatable bonds is 6. The zero-order chi connectivity index (χ0) is 47.8. The SMILES string of the molecule is Nc1cc(S(=O)(=O)O)cc2cccc(NC(=O)c3cc4ccccc4cc3O)c12.O=C(Nc1cccc2cc(S(=O)(=O)O)ccc12)c1cc2ccccc2cc1O.O=S(=O)=O.O=S(=O)=O. The van der Waals surface area contributed by atoms with E-state index < -0.39 is 53.3 Å². The van der Waals surface area contributed by atoms with Crippen LogP contribution in [0.15, 0.2) is 149 Å². The van der Waals surface area contributed by atoms with E-state index in [0.29, 0.717) is 32.9 Å². The smallest absolute Gasteiger partial charge is 0.425 e. The van der Waals surface area contributed by atoms with Gasteiger partial charge in [-0.3, -0.25) is 18.7 Å². The maximum absolute atomic E-state index is 12.8. The van der Waals surface area contributed by atoms with E-state index in [-0.39, 0.29) is 38.1 Å². The fourth-order valence-corrected chi connectivity index (χ4v) is 7.48. The van der Waals surface area contributed by atoms with E-state index in [1.54, 1.807) is 48.5 Å². The molecule has 65 heavy (non-hydrogen) atoms. The van der Waals surface area contributed by atoms with Crippen molar-refractivity contribution in [2.45, 2.75) is 9.79 Å². The van der Waals surface area contributed by atoms with E-state index in [9.17, 15) is 45.7 Å². The Morgan fingerprint density at radius 1 is 0.462 bits per heavy atom. The minimum atomic E-state index is -4.42. The summed E-state index contributed by atoms with van der Waals surface area (Å²) in [6, 6.07) is 37.3. The van der Waals surface area contributed by atoms with Crippen LogP contribution in [0, 0.1) is 0 Å². The number of nitrogen functional groups attached to an aromatic ring is 1. The Balaban J connectivity index is 0.000000210. The summed E-state index contributed by atoms with van der Waals surface area (Å²) in [7, 11) is -15.0. The first-order valence-corrected chi connectivity index (χ1v) is 22.8. The molecule has 0 heterocycles. The van der Waals surface area contributed by atoms with Crippen LogP contribution in [0.25, 0.3) is 43.1 Å². The van der Waals surface area contributed by atoms with Crippen LogP contribution in [0.5, 0.6) is 11.5 Å². The summed E-state index contributed by atoms with van der Waals surface area (Å²) in [6.45, 7) is 0. The molecule has 8 aromatic carbocycles. The lowest BCUT2D eigenvalue weighted by Gasteiger charge is -2.13. The summed E-state index contributed by atoms with van der Waals surface area (Å²) < 4.78 is 115. The first-order valence-electron chi connectivity index (χ1n) is 17.9. The van der Waals surface area contributed by atoms with E-state index in [4.69, 9.17) is 31.0 Å². The minimum absolute atomic E-state index is 0.0776. The first kappa shape index (κ1) is 48.2. The van der Waals surface area contributed by atoms with Gasteiger partial charge in [-0.15, -0.1) is 25.3 Å². The number of carbonyl (C=O) groups excluding carboxylic acids is 2. The molecule has 2 amide bonds. The molecule has 0 aliphatic heterocycles. The fraction of sp³-hybridized carbons (Fsp3) is 0. The highest BCUT2D eigenvalue weighted by Gasteiger charge is 2.19. The Kier molecular flexibility index (Phi) is 14.9. The molecule has 0 aromatic heterocycles. The largest absolute Gasteiger partial charge is 0.507 e. The van der Waals surface area contributed by atoms with Crippen molar-refractivity contribution < 1.29 is 71.0 Å². The molecular formula is C42H31N3O16S4. The molecule has 8 rings (SSSR count). The van der Waals surface area contributed by atoms with Crippen molar-refractivity contribution in [1.29, 1.82) is 0 Å². The quantitative estimate of drug-likeness (QED) is 0.0745. The molecule has 8 N–H and O–H groups in total. The molecule has 19 nitrogen and oxygen atoms in total. The van der Waals surface area contributed by atoms with E-state index in [1.807, 2.05) is 48.5 Å². The zero-order valence-electron chi connectivity index (χ0n) is 32.7. The first-order chi connectivity index (χ1) is 30.5. The number of amides is 2. The zero-order valence-corrected chi connectivity index (χ0v) is 35.9. The molecule has 0 saturated heterocycles. The second-order valence-electron chi connectivity index (χ2n) is 13.3. The molecule has 0 unspecified atom stereocenters. The highest BCUT2D eigenvalue weighted by Crippen LogP contribution is 2.34. The number of hydrogen-bond acceptors (Lipinski definition) is 15. The number of aromatic hydroxyl groups is 2. The van der Waals surface area contributed by atoms with Crippen molar-refractivity contribution in [2.75, 3.05) is 16.4 Å². The Morgan fingerprint density at radius 3 is 1.31 bits per heavy atom. The highest BCUT2D eigenvalue weighted by molar-refractivity contribution is 7.86. The topological polar surface area (TPSA) is 336 Å². The van der Waals surface area contributed by atoms with Crippen molar-refractivity contribution in [3.63, 3.8) is 0 Å². The molecule has 334 valence electrons. The lowest BCUT2D eigenvalue weighted by Crippen LogP contribution is -2.13. The number of anilines is 3. The monoisotopic (exact) mass is 961 g/mol.